The number of ether oxygens (including phenoxy) is 2. The normalized spacial score (nSPS) is 10.3. The van der Waals surface area contributed by atoms with Crippen LogP contribution in [0.2, 0.25) is 0 Å². The number of nitrogens with zero attached hydrogens (tertiary/aromatic N) is 2. The number of nitrogens with two attached hydrogens (primary N) is 1. The summed E-state index contributed by atoms with van der Waals surface area (Å²) in [6.45, 7) is 2.07. The van der Waals surface area contributed by atoms with E-state index in [0.29, 0.717) is 18.8 Å². The van der Waals surface area contributed by atoms with Crippen LogP contribution in [0.1, 0.15) is 16.2 Å². The molecule has 0 aliphatic heterocycles. The Bertz CT molecular complexity index is 470. The number of hydrogen-bond donors (Lipinski definition) is 2. The number of rotatable bonds is 6. The van der Waals surface area contributed by atoms with E-state index in [1.165, 1.54) is 11.8 Å². The fourth-order valence-corrected chi connectivity index (χ4v) is 1.46. The molecule has 0 aliphatic rings. The summed E-state index contributed by atoms with van der Waals surface area (Å²) in [5.74, 6) is -1.08. The molecule has 0 spiro atoms. The molecule has 0 saturated heterocycles. The Hall–Kier alpha value is -2.09. The van der Waals surface area contributed by atoms with E-state index in [1.54, 1.807) is 14.0 Å². The Kier molecular flexibility index (Phi) is 5.31. The second-order valence-electron chi connectivity index (χ2n) is 3.89. The van der Waals surface area contributed by atoms with Crippen molar-refractivity contribution in [2.75, 3.05) is 32.6 Å². The molecular weight excluding hydrogens is 252 g/mol. The molecule has 0 radical (unpaired) electrons. The molecular formula is C11H18N4O4. The standard InChI is InChI=1S/C11H18N4O4/c1-7-9(12)10(15(2)14-7)11(17)19-6-8(16)13-4-5-18-3/h4-6,12H2,1-3H3,(H,13,16). The highest BCUT2D eigenvalue weighted by molar-refractivity contribution is 5.95. The number of nitrogens with one attached hydrogen (secondary N) is 1. The molecule has 8 nitrogen and oxygen atoms in total. The first-order chi connectivity index (χ1) is 8.97. The third kappa shape index (κ3) is 3.95. The lowest BCUT2D eigenvalue weighted by molar-refractivity contribution is -0.124. The van der Waals surface area contributed by atoms with Crippen molar-refractivity contribution in [3.8, 4) is 0 Å². The number of carbonyl (C=O) groups excluding carboxylic acids is 2. The molecule has 3 N–H and O–H groups in total. The van der Waals surface area contributed by atoms with Crippen LogP contribution in [-0.4, -0.2) is 48.5 Å². The molecule has 0 aromatic carbocycles. The molecule has 8 heteroatoms. The van der Waals surface area contributed by atoms with Crippen LogP contribution < -0.4 is 11.1 Å². The van der Waals surface area contributed by atoms with E-state index < -0.39 is 11.9 Å². The Labute approximate surface area is 110 Å². The maximum absolute atomic E-state index is 11.8. The van der Waals surface area contributed by atoms with Gasteiger partial charge in [0.25, 0.3) is 5.91 Å². The number of anilines is 1. The second-order valence-corrected chi connectivity index (χ2v) is 3.89. The fraction of sp³-hybridized carbons (Fsp3) is 0.545. The van der Waals surface area contributed by atoms with Crippen molar-refractivity contribution >= 4 is 17.6 Å². The van der Waals surface area contributed by atoms with Crippen LogP contribution in [0.3, 0.4) is 0 Å². The topological polar surface area (TPSA) is 108 Å². The molecule has 0 unspecified atom stereocenters. The van der Waals surface area contributed by atoms with E-state index in [1.807, 2.05) is 0 Å². The summed E-state index contributed by atoms with van der Waals surface area (Å²) >= 11 is 0. The number of esters is 1. The molecule has 1 aromatic heterocycles. The van der Waals surface area contributed by atoms with Gasteiger partial charge in [0.2, 0.25) is 0 Å². The van der Waals surface area contributed by atoms with Crippen LogP contribution in [0.15, 0.2) is 0 Å². The summed E-state index contributed by atoms with van der Waals surface area (Å²) in [6.07, 6.45) is 0. The highest BCUT2D eigenvalue weighted by Crippen LogP contribution is 2.15. The third-order valence-electron chi connectivity index (χ3n) is 2.42. The number of aryl methyl sites for hydroxylation is 2. The van der Waals surface area contributed by atoms with Gasteiger partial charge in [0.1, 0.15) is 0 Å². The predicted octanol–water partition coefficient (Wildman–Crippen LogP) is -0.770. The van der Waals surface area contributed by atoms with Crippen molar-refractivity contribution in [3.63, 3.8) is 0 Å². The SMILES string of the molecule is COCCNC(=O)COC(=O)c1c(N)c(C)nn1C. The van der Waals surface area contributed by atoms with Crippen molar-refractivity contribution in [2.24, 2.45) is 7.05 Å². The number of nitrogen functional groups attached to an aromatic ring is 1. The van der Waals surface area contributed by atoms with E-state index in [2.05, 4.69) is 10.4 Å². The molecule has 1 rings (SSSR count). The zero-order valence-corrected chi connectivity index (χ0v) is 11.2. The van der Waals surface area contributed by atoms with Crippen LogP contribution in [0.25, 0.3) is 0 Å². The average Bonchev–Trinajstić information content (AvgIpc) is 2.61. The lowest BCUT2D eigenvalue weighted by Crippen LogP contribution is -2.31. The van der Waals surface area contributed by atoms with Gasteiger partial charge in [-0.1, -0.05) is 0 Å². The molecule has 0 bridgehead atoms. The van der Waals surface area contributed by atoms with Crippen molar-refractivity contribution in [3.05, 3.63) is 11.4 Å². The molecule has 0 fully saturated rings. The molecule has 19 heavy (non-hydrogen) atoms. The summed E-state index contributed by atoms with van der Waals surface area (Å²) in [5.41, 5.74) is 6.65. The first kappa shape index (κ1) is 15.0. The molecule has 1 heterocycles. The van der Waals surface area contributed by atoms with Gasteiger partial charge in [-0.05, 0) is 6.92 Å². The van der Waals surface area contributed by atoms with E-state index in [-0.39, 0.29) is 18.0 Å². The fourth-order valence-electron chi connectivity index (χ4n) is 1.46. The van der Waals surface area contributed by atoms with Gasteiger partial charge < -0.3 is 20.5 Å². The number of aromatic nitrogens is 2. The molecule has 0 atom stereocenters. The monoisotopic (exact) mass is 270 g/mol. The minimum Gasteiger partial charge on any atom is -0.451 e. The maximum Gasteiger partial charge on any atom is 0.359 e. The van der Waals surface area contributed by atoms with Gasteiger partial charge in [0, 0.05) is 20.7 Å². The van der Waals surface area contributed by atoms with Crippen LogP contribution in [0.4, 0.5) is 5.69 Å². The van der Waals surface area contributed by atoms with Gasteiger partial charge >= 0.3 is 5.97 Å². The Morgan fingerprint density at radius 3 is 2.68 bits per heavy atom. The van der Waals surface area contributed by atoms with E-state index >= 15 is 0 Å². The van der Waals surface area contributed by atoms with Gasteiger partial charge in [-0.25, -0.2) is 4.79 Å². The largest absolute Gasteiger partial charge is 0.451 e. The smallest absolute Gasteiger partial charge is 0.359 e. The van der Waals surface area contributed by atoms with Gasteiger partial charge in [0.05, 0.1) is 18.0 Å². The van der Waals surface area contributed by atoms with E-state index in [9.17, 15) is 9.59 Å². The summed E-state index contributed by atoms with van der Waals surface area (Å²) in [6, 6.07) is 0. The maximum atomic E-state index is 11.8. The number of methoxy groups -OCH3 is 1. The zero-order valence-electron chi connectivity index (χ0n) is 11.2. The van der Waals surface area contributed by atoms with Gasteiger partial charge in [-0.2, -0.15) is 5.10 Å². The predicted molar refractivity (Wildman–Crippen MR) is 67.5 cm³/mol. The first-order valence-electron chi connectivity index (χ1n) is 5.69. The van der Waals surface area contributed by atoms with Gasteiger partial charge in [0.15, 0.2) is 12.3 Å². The lowest BCUT2D eigenvalue weighted by Gasteiger charge is -2.06. The average molecular weight is 270 g/mol. The van der Waals surface area contributed by atoms with Crippen LogP contribution in [-0.2, 0) is 21.3 Å². The Morgan fingerprint density at radius 2 is 2.16 bits per heavy atom. The Balaban J connectivity index is 2.49. The summed E-state index contributed by atoms with van der Waals surface area (Å²) in [7, 11) is 3.11. The van der Waals surface area contributed by atoms with Gasteiger partial charge in [-0.3, -0.25) is 9.48 Å². The lowest BCUT2D eigenvalue weighted by atomic mass is 10.3. The third-order valence-corrected chi connectivity index (χ3v) is 2.42. The van der Waals surface area contributed by atoms with Gasteiger partial charge in [-0.15, -0.1) is 0 Å². The van der Waals surface area contributed by atoms with Crippen LogP contribution in [0, 0.1) is 6.92 Å². The molecule has 0 aliphatic carbocycles. The van der Waals surface area contributed by atoms with E-state index in [4.69, 9.17) is 15.2 Å². The number of hydrogen-bond acceptors (Lipinski definition) is 6. The van der Waals surface area contributed by atoms with Crippen molar-refractivity contribution in [1.82, 2.24) is 15.1 Å². The summed E-state index contributed by atoms with van der Waals surface area (Å²) in [5, 5.41) is 6.52. The highest BCUT2D eigenvalue weighted by Gasteiger charge is 2.20. The number of amides is 1. The van der Waals surface area contributed by atoms with E-state index in [0.717, 1.165) is 0 Å². The van der Waals surface area contributed by atoms with Crippen LogP contribution >= 0.6 is 0 Å². The molecule has 1 amide bonds. The molecule has 0 saturated carbocycles. The van der Waals surface area contributed by atoms with Crippen LogP contribution in [0.5, 0.6) is 0 Å². The first-order valence-corrected chi connectivity index (χ1v) is 5.69. The second kappa shape index (κ2) is 6.74. The molecule has 106 valence electrons. The van der Waals surface area contributed by atoms with Crippen molar-refractivity contribution < 1.29 is 19.1 Å². The summed E-state index contributed by atoms with van der Waals surface area (Å²) < 4.78 is 11.0. The van der Waals surface area contributed by atoms with Crippen molar-refractivity contribution in [1.29, 1.82) is 0 Å². The summed E-state index contributed by atoms with van der Waals surface area (Å²) in [4.78, 5) is 23.1. The number of carbonyl (C=O) groups is 2. The highest BCUT2D eigenvalue weighted by atomic mass is 16.5. The minimum absolute atomic E-state index is 0.141. The molecule has 1 aromatic rings. The van der Waals surface area contributed by atoms with Crippen molar-refractivity contribution in [2.45, 2.75) is 6.92 Å². The zero-order chi connectivity index (χ0) is 14.4. The Morgan fingerprint density at radius 1 is 1.47 bits per heavy atom. The quantitative estimate of drug-likeness (QED) is 0.519. The minimum atomic E-state index is -0.678.